The average Bonchev–Trinajstić information content (AvgIpc) is 3.84. The van der Waals surface area contributed by atoms with Crippen LogP contribution in [-0.2, 0) is 42.5 Å². The number of amides is 5. The highest BCUT2D eigenvalue weighted by molar-refractivity contribution is 6.06. The summed E-state index contributed by atoms with van der Waals surface area (Å²) in [5.41, 5.74) is -1.53. The molecule has 1 heterocycles. The summed E-state index contributed by atoms with van der Waals surface area (Å²) >= 11 is 0. The van der Waals surface area contributed by atoms with E-state index in [1.54, 1.807) is 18.2 Å². The molecule has 1 saturated heterocycles. The molecule has 2 aliphatic carbocycles. The molecule has 2 fully saturated rings. The topological polar surface area (TPSA) is 125 Å². The first-order valence-corrected chi connectivity index (χ1v) is 19.3. The number of fused-ring (bicyclic) bond motifs is 2. The van der Waals surface area contributed by atoms with Crippen molar-refractivity contribution < 1.29 is 46.3 Å². The Kier molecular flexibility index (Phi) is 14.1. The zero-order chi connectivity index (χ0) is 39.6. The van der Waals surface area contributed by atoms with Crippen LogP contribution in [0.5, 0.6) is 0 Å². The van der Waals surface area contributed by atoms with Crippen molar-refractivity contribution in [2.45, 2.75) is 121 Å². The van der Waals surface area contributed by atoms with Gasteiger partial charge >= 0.3 is 12.3 Å². The van der Waals surface area contributed by atoms with E-state index in [9.17, 15) is 41.5 Å². The molecule has 2 aromatic carbocycles. The number of allylic oxidation sites excluding steroid dienone is 1. The highest BCUT2D eigenvalue weighted by Gasteiger charge is 2.58. The van der Waals surface area contributed by atoms with Gasteiger partial charge in [-0.25, -0.2) is 14.1 Å². The molecule has 0 aromatic heterocycles. The molecule has 5 amide bonds. The van der Waals surface area contributed by atoms with E-state index in [-0.39, 0.29) is 23.8 Å². The van der Waals surface area contributed by atoms with Crippen molar-refractivity contribution in [2.75, 3.05) is 18.4 Å². The van der Waals surface area contributed by atoms with Gasteiger partial charge in [0.2, 0.25) is 23.3 Å². The van der Waals surface area contributed by atoms with Crippen molar-refractivity contribution in [3.63, 3.8) is 0 Å². The summed E-state index contributed by atoms with van der Waals surface area (Å²) in [5.74, 6) is -2.12. The van der Waals surface area contributed by atoms with E-state index < -0.39 is 54.3 Å². The highest BCUT2D eigenvalue weighted by atomic mass is 19.4. The number of unbranched alkanes of at least 4 members (excludes halogenated alkanes) is 7. The summed E-state index contributed by atoms with van der Waals surface area (Å²) in [4.78, 5) is 65.3. The Hall–Kier alpha value is -4.75. The molecule has 14 heteroatoms. The van der Waals surface area contributed by atoms with E-state index in [0.717, 1.165) is 70.0 Å². The van der Waals surface area contributed by atoms with E-state index in [2.05, 4.69) is 17.2 Å². The number of anilines is 1. The van der Waals surface area contributed by atoms with Gasteiger partial charge in [0.05, 0.1) is 6.54 Å². The molecule has 298 valence electrons. The minimum Gasteiger partial charge on any atom is -0.427 e. The molecular weight excluding hydrogens is 720 g/mol. The number of alkyl halides is 3. The quantitative estimate of drug-likeness (QED) is 0.110. The average molecular weight is 771 g/mol. The first kappa shape index (κ1) is 41.4. The second kappa shape index (κ2) is 18.7. The van der Waals surface area contributed by atoms with Crippen LogP contribution in [0.3, 0.4) is 0 Å². The Labute approximate surface area is 319 Å². The zero-order valence-electron chi connectivity index (χ0n) is 31.1. The Bertz CT molecular complexity index is 1730. The largest absolute Gasteiger partial charge is 0.430 e. The molecule has 0 radical (unpaired) electrons. The Balaban J connectivity index is 1.03. The van der Waals surface area contributed by atoms with Gasteiger partial charge in [-0.15, -0.1) is 0 Å². The SMILES string of the molecule is C=C(N(Cc1ccc(F)cc1)C(=O)CN1C(=O)OC2(CCc3cc(NC(=O)CCCCCCCCCCNC(=O)CC4CCCC4)ccc32)C1=O)C(F)(F)F. The van der Waals surface area contributed by atoms with Crippen molar-refractivity contribution in [3.8, 4) is 0 Å². The van der Waals surface area contributed by atoms with Crippen molar-refractivity contribution in [1.29, 1.82) is 0 Å². The molecule has 1 atom stereocenters. The summed E-state index contributed by atoms with van der Waals surface area (Å²) in [7, 11) is 0. The molecule has 5 rings (SSSR count). The number of nitrogens with zero attached hydrogens (tertiary/aromatic N) is 2. The minimum atomic E-state index is -5.00. The third-order valence-electron chi connectivity index (χ3n) is 10.7. The molecule has 1 aliphatic heterocycles. The van der Waals surface area contributed by atoms with Gasteiger partial charge in [0.15, 0.2) is 0 Å². The minimum absolute atomic E-state index is 0.0560. The van der Waals surface area contributed by atoms with Gasteiger partial charge in [-0.3, -0.25) is 19.2 Å². The van der Waals surface area contributed by atoms with E-state index >= 15 is 0 Å². The van der Waals surface area contributed by atoms with Crippen LogP contribution in [0.15, 0.2) is 54.7 Å². The number of nitrogens with one attached hydrogen (secondary N) is 2. The highest BCUT2D eigenvalue weighted by Crippen LogP contribution is 2.46. The van der Waals surface area contributed by atoms with Gasteiger partial charge in [0, 0.05) is 37.1 Å². The lowest BCUT2D eigenvalue weighted by molar-refractivity contribution is -0.146. The van der Waals surface area contributed by atoms with Crippen LogP contribution in [0.1, 0.15) is 113 Å². The molecular formula is C41H50F4N4O6. The van der Waals surface area contributed by atoms with Crippen LogP contribution < -0.4 is 10.6 Å². The number of hydrogen-bond donors (Lipinski definition) is 2. The first-order chi connectivity index (χ1) is 26.3. The normalized spacial score (nSPS) is 18.1. The predicted octanol–water partition coefficient (Wildman–Crippen LogP) is 8.20. The van der Waals surface area contributed by atoms with Gasteiger partial charge in [0.1, 0.15) is 18.1 Å². The van der Waals surface area contributed by atoms with Crippen molar-refractivity contribution in [3.05, 3.63) is 77.2 Å². The number of benzene rings is 2. The molecule has 3 aliphatic rings. The van der Waals surface area contributed by atoms with Gasteiger partial charge in [-0.1, -0.05) is 76.1 Å². The Morgan fingerprint density at radius 2 is 1.56 bits per heavy atom. The number of aryl methyl sites for hydroxylation is 1. The third kappa shape index (κ3) is 10.9. The maximum Gasteiger partial charge on any atom is 0.430 e. The van der Waals surface area contributed by atoms with Crippen molar-refractivity contribution in [1.82, 2.24) is 15.1 Å². The van der Waals surface area contributed by atoms with E-state index in [1.165, 1.54) is 37.8 Å². The van der Waals surface area contributed by atoms with Crippen molar-refractivity contribution >= 4 is 35.4 Å². The van der Waals surface area contributed by atoms with E-state index in [1.807, 2.05) is 0 Å². The molecule has 1 unspecified atom stereocenters. The summed E-state index contributed by atoms with van der Waals surface area (Å²) in [6.45, 7) is 2.10. The lowest BCUT2D eigenvalue weighted by Gasteiger charge is -2.27. The molecule has 1 saturated carbocycles. The second-order valence-corrected chi connectivity index (χ2v) is 14.8. The van der Waals surface area contributed by atoms with Gasteiger partial charge in [-0.2, -0.15) is 13.2 Å². The molecule has 55 heavy (non-hydrogen) atoms. The fourth-order valence-electron chi connectivity index (χ4n) is 7.68. The predicted molar refractivity (Wildman–Crippen MR) is 197 cm³/mol. The Morgan fingerprint density at radius 1 is 0.909 bits per heavy atom. The van der Waals surface area contributed by atoms with Crippen LogP contribution in [0.2, 0.25) is 0 Å². The van der Waals surface area contributed by atoms with E-state index in [0.29, 0.717) is 51.8 Å². The molecule has 2 aromatic rings. The summed E-state index contributed by atoms with van der Waals surface area (Å²) in [6, 6.07) is 9.36. The lowest BCUT2D eigenvalue weighted by Crippen LogP contribution is -2.45. The van der Waals surface area contributed by atoms with Crippen LogP contribution in [-0.4, -0.2) is 58.8 Å². The van der Waals surface area contributed by atoms with Gasteiger partial charge in [0.25, 0.3) is 5.91 Å². The second-order valence-electron chi connectivity index (χ2n) is 14.8. The Morgan fingerprint density at radius 3 is 2.24 bits per heavy atom. The molecule has 1 spiro atoms. The standard InChI is InChI=1S/C41H50F4N4O6/c1-28(41(43,44)45)48(26-30-15-17-32(42)18-16-30)37(52)27-49-38(53)40(55-39(49)54)22-21-31-25-33(19-20-34(31)40)47-35(50)14-8-6-4-2-3-5-7-11-23-46-36(51)24-29-12-9-10-13-29/h15-20,25,29H,1-14,21-24,26-27H2,(H,46,51)(H,47,50). The first-order valence-electron chi connectivity index (χ1n) is 19.3. The number of imide groups is 1. The maximum atomic E-state index is 13.7. The molecule has 2 N–H and O–H groups in total. The zero-order valence-corrected chi connectivity index (χ0v) is 31.1. The lowest BCUT2D eigenvalue weighted by atomic mass is 9.94. The number of carbonyl (C=O) groups is 5. The number of rotatable bonds is 19. The number of ether oxygens (including phenoxy) is 1. The third-order valence-corrected chi connectivity index (χ3v) is 10.7. The van der Waals surface area contributed by atoms with Crippen LogP contribution in [0.4, 0.5) is 28.0 Å². The number of carbonyl (C=O) groups excluding carboxylic acids is 5. The summed E-state index contributed by atoms with van der Waals surface area (Å²) in [5, 5.41) is 5.93. The van der Waals surface area contributed by atoms with Gasteiger partial charge < -0.3 is 20.3 Å². The smallest absolute Gasteiger partial charge is 0.427 e. The fraction of sp³-hybridized carbons (Fsp3) is 0.537. The molecule has 0 bridgehead atoms. The van der Waals surface area contributed by atoms with Crippen LogP contribution >= 0.6 is 0 Å². The maximum absolute atomic E-state index is 13.7. The number of halogens is 4. The van der Waals surface area contributed by atoms with Gasteiger partial charge in [-0.05, 0) is 73.4 Å². The van der Waals surface area contributed by atoms with Crippen LogP contribution in [0.25, 0.3) is 0 Å². The summed E-state index contributed by atoms with van der Waals surface area (Å²) < 4.78 is 59.9. The number of hydrogen-bond acceptors (Lipinski definition) is 6. The summed E-state index contributed by atoms with van der Waals surface area (Å²) in [6.07, 6.45) is 8.18. The molecule has 10 nitrogen and oxygen atoms in total. The monoisotopic (exact) mass is 770 g/mol. The fourth-order valence-corrected chi connectivity index (χ4v) is 7.68. The van der Waals surface area contributed by atoms with E-state index in [4.69, 9.17) is 4.74 Å². The van der Waals surface area contributed by atoms with Crippen molar-refractivity contribution in [2.24, 2.45) is 5.92 Å². The van der Waals surface area contributed by atoms with Crippen LogP contribution in [0, 0.1) is 11.7 Å².